The number of amides is 3. The van der Waals surface area contributed by atoms with Gasteiger partial charge >= 0.3 is 12.2 Å². The maximum absolute atomic E-state index is 12.9. The van der Waals surface area contributed by atoms with Crippen LogP contribution in [0, 0.1) is 5.92 Å². The lowest BCUT2D eigenvalue weighted by Gasteiger charge is -2.35. The van der Waals surface area contributed by atoms with Crippen LogP contribution < -0.4 is 5.32 Å². The van der Waals surface area contributed by atoms with Crippen LogP contribution in [-0.2, 0) is 28.9 Å². The highest BCUT2D eigenvalue weighted by atomic mass is 19.4. The first kappa shape index (κ1) is 28.4. The van der Waals surface area contributed by atoms with E-state index in [1.165, 1.54) is 17.0 Å². The number of aryl methyl sites for hydroxylation is 1. The van der Waals surface area contributed by atoms with Crippen LogP contribution in [0.4, 0.5) is 23.7 Å². The molecule has 1 aliphatic heterocycles. The standard InChI is InChI=1S/C24H33F3N6O4/c1-16-12-32(17(2)14-34)22(35)5-4-10-33-20(11-28-30-33)15-37-21(16)13-31(3)23(36)29-19-8-6-18(7-9-19)24(25,26)27/h6-9,11,16-17,21,34H,4-5,10,12-15H2,1-3H3,(H,29,36)/t16-,17-,21-/m0/s1. The number of nitrogens with zero attached hydrogens (tertiary/aromatic N) is 5. The number of carbonyl (C=O) groups is 2. The van der Waals surface area contributed by atoms with Crippen molar-refractivity contribution in [1.82, 2.24) is 24.8 Å². The second-order valence-corrected chi connectivity index (χ2v) is 9.34. The van der Waals surface area contributed by atoms with E-state index in [9.17, 15) is 27.9 Å². The van der Waals surface area contributed by atoms with E-state index in [0.717, 1.165) is 17.8 Å². The van der Waals surface area contributed by atoms with Gasteiger partial charge in [0.05, 0.1) is 42.8 Å². The Morgan fingerprint density at radius 1 is 1.32 bits per heavy atom. The van der Waals surface area contributed by atoms with Gasteiger partial charge in [-0.3, -0.25) is 4.79 Å². The molecule has 0 fully saturated rings. The Labute approximate surface area is 213 Å². The molecule has 204 valence electrons. The van der Waals surface area contributed by atoms with Crippen LogP contribution >= 0.6 is 0 Å². The Hall–Kier alpha value is -3.19. The van der Waals surface area contributed by atoms with Crippen LogP contribution in [0.1, 0.15) is 37.9 Å². The molecule has 0 saturated carbocycles. The Morgan fingerprint density at radius 2 is 2.03 bits per heavy atom. The summed E-state index contributed by atoms with van der Waals surface area (Å²) in [4.78, 5) is 28.7. The first-order valence-corrected chi connectivity index (χ1v) is 12.1. The monoisotopic (exact) mass is 526 g/mol. The molecule has 13 heteroatoms. The third-order valence-electron chi connectivity index (χ3n) is 6.40. The van der Waals surface area contributed by atoms with E-state index in [1.54, 1.807) is 29.7 Å². The Morgan fingerprint density at radius 3 is 2.68 bits per heavy atom. The van der Waals surface area contributed by atoms with E-state index in [4.69, 9.17) is 4.74 Å². The molecule has 0 saturated heterocycles. The van der Waals surface area contributed by atoms with Crippen molar-refractivity contribution in [1.29, 1.82) is 0 Å². The second-order valence-electron chi connectivity index (χ2n) is 9.34. The highest BCUT2D eigenvalue weighted by Crippen LogP contribution is 2.30. The summed E-state index contributed by atoms with van der Waals surface area (Å²) < 4.78 is 46.3. The summed E-state index contributed by atoms with van der Waals surface area (Å²) in [5, 5.41) is 20.3. The van der Waals surface area contributed by atoms with Crippen molar-refractivity contribution >= 4 is 17.6 Å². The van der Waals surface area contributed by atoms with E-state index in [1.807, 2.05) is 6.92 Å². The summed E-state index contributed by atoms with van der Waals surface area (Å²) in [6.07, 6.45) is -2.52. The van der Waals surface area contributed by atoms with Crippen LogP contribution in [-0.4, -0.2) is 80.7 Å². The largest absolute Gasteiger partial charge is 0.416 e. The Bertz CT molecular complexity index is 1050. The number of halogens is 3. The van der Waals surface area contributed by atoms with Crippen molar-refractivity contribution in [2.45, 2.75) is 58.2 Å². The van der Waals surface area contributed by atoms with Gasteiger partial charge in [0.15, 0.2) is 0 Å². The van der Waals surface area contributed by atoms with Crippen molar-refractivity contribution in [3.63, 3.8) is 0 Å². The fourth-order valence-corrected chi connectivity index (χ4v) is 4.06. The van der Waals surface area contributed by atoms with Gasteiger partial charge in [-0.05, 0) is 37.6 Å². The average Bonchev–Trinajstić information content (AvgIpc) is 3.30. The van der Waals surface area contributed by atoms with Crippen LogP contribution in [0.2, 0.25) is 0 Å². The molecule has 2 aromatic rings. The smallest absolute Gasteiger partial charge is 0.394 e. The van der Waals surface area contributed by atoms with Gasteiger partial charge in [-0.15, -0.1) is 5.10 Å². The minimum atomic E-state index is -4.46. The highest BCUT2D eigenvalue weighted by Gasteiger charge is 2.31. The third-order valence-corrected chi connectivity index (χ3v) is 6.40. The quantitative estimate of drug-likeness (QED) is 0.620. The predicted octanol–water partition coefficient (Wildman–Crippen LogP) is 2.99. The van der Waals surface area contributed by atoms with Gasteiger partial charge in [-0.1, -0.05) is 12.1 Å². The van der Waals surface area contributed by atoms with Crippen molar-refractivity contribution < 1.29 is 32.6 Å². The van der Waals surface area contributed by atoms with E-state index >= 15 is 0 Å². The number of carbonyl (C=O) groups excluding carboxylic acids is 2. The van der Waals surface area contributed by atoms with Crippen LogP contribution in [0.25, 0.3) is 0 Å². The lowest BCUT2D eigenvalue weighted by atomic mass is 10.0. The number of ether oxygens (including phenoxy) is 1. The van der Waals surface area contributed by atoms with Gasteiger partial charge in [0.2, 0.25) is 5.91 Å². The Balaban J connectivity index is 1.74. The topological polar surface area (TPSA) is 113 Å². The van der Waals surface area contributed by atoms with E-state index in [0.29, 0.717) is 19.5 Å². The number of likely N-dealkylation sites (N-methyl/N-ethyl adjacent to an activating group) is 1. The fraction of sp³-hybridized carbons (Fsp3) is 0.583. The number of fused-ring (bicyclic) bond motifs is 1. The van der Waals surface area contributed by atoms with Gasteiger partial charge in [0, 0.05) is 44.7 Å². The van der Waals surface area contributed by atoms with Crippen molar-refractivity contribution in [3.05, 3.63) is 41.7 Å². The molecule has 0 radical (unpaired) electrons. The highest BCUT2D eigenvalue weighted by molar-refractivity contribution is 5.89. The van der Waals surface area contributed by atoms with E-state index < -0.39 is 23.9 Å². The predicted molar refractivity (Wildman–Crippen MR) is 128 cm³/mol. The molecule has 1 aromatic carbocycles. The summed E-state index contributed by atoms with van der Waals surface area (Å²) >= 11 is 0. The zero-order chi connectivity index (χ0) is 27.2. The molecule has 37 heavy (non-hydrogen) atoms. The molecule has 1 aliphatic rings. The molecule has 0 bridgehead atoms. The molecule has 2 N–H and O–H groups in total. The fourth-order valence-electron chi connectivity index (χ4n) is 4.06. The number of nitrogens with one attached hydrogen (secondary N) is 1. The van der Waals surface area contributed by atoms with E-state index in [2.05, 4.69) is 15.6 Å². The first-order chi connectivity index (χ1) is 17.5. The third kappa shape index (κ3) is 7.65. The number of hydrogen-bond donors (Lipinski definition) is 2. The van der Waals surface area contributed by atoms with Gasteiger partial charge in [0.1, 0.15) is 0 Å². The number of benzene rings is 1. The van der Waals surface area contributed by atoms with Gasteiger partial charge < -0.3 is 25.0 Å². The molecule has 0 aliphatic carbocycles. The number of rotatable bonds is 5. The minimum Gasteiger partial charge on any atom is -0.394 e. The number of aliphatic hydroxyl groups is 1. The van der Waals surface area contributed by atoms with Crippen LogP contribution in [0.5, 0.6) is 0 Å². The number of aliphatic hydroxyl groups excluding tert-OH is 1. The van der Waals surface area contributed by atoms with Crippen molar-refractivity contribution in [2.24, 2.45) is 5.92 Å². The lowest BCUT2D eigenvalue weighted by Crippen LogP contribution is -2.48. The molecule has 3 rings (SSSR count). The molecule has 2 heterocycles. The number of hydrogen-bond acceptors (Lipinski definition) is 6. The normalized spacial score (nSPS) is 20.4. The molecule has 0 spiro atoms. The number of aromatic nitrogens is 3. The molecule has 3 amide bonds. The summed E-state index contributed by atoms with van der Waals surface area (Å²) in [5.74, 6) is -0.314. The zero-order valence-corrected chi connectivity index (χ0v) is 21.1. The summed E-state index contributed by atoms with van der Waals surface area (Å²) in [6, 6.07) is 3.28. The van der Waals surface area contributed by atoms with Gasteiger partial charge in [-0.2, -0.15) is 13.2 Å². The molecule has 3 atom stereocenters. The number of urea groups is 1. The average molecular weight is 527 g/mol. The second kappa shape index (κ2) is 12.4. The van der Waals surface area contributed by atoms with Crippen molar-refractivity contribution in [3.8, 4) is 0 Å². The van der Waals surface area contributed by atoms with E-state index in [-0.39, 0.29) is 49.7 Å². The summed E-state index contributed by atoms with van der Waals surface area (Å²) in [5.41, 5.74) is 0.155. The maximum Gasteiger partial charge on any atom is 0.416 e. The van der Waals surface area contributed by atoms with Gasteiger partial charge in [0.25, 0.3) is 0 Å². The maximum atomic E-state index is 12.9. The number of anilines is 1. The summed E-state index contributed by atoms with van der Waals surface area (Å²) in [6.45, 7) is 4.62. The summed E-state index contributed by atoms with van der Waals surface area (Å²) in [7, 11) is 1.55. The van der Waals surface area contributed by atoms with Crippen LogP contribution in [0.15, 0.2) is 30.5 Å². The molecule has 1 aromatic heterocycles. The Kier molecular flexibility index (Phi) is 9.49. The number of alkyl halides is 3. The molecular weight excluding hydrogens is 493 g/mol. The SMILES string of the molecule is C[C@H]1CN([C@@H](C)CO)C(=O)CCCn2nncc2CO[C@H]1CN(C)C(=O)Nc1ccc(C(F)(F)F)cc1. The van der Waals surface area contributed by atoms with Crippen molar-refractivity contribution in [2.75, 3.05) is 32.1 Å². The lowest BCUT2D eigenvalue weighted by molar-refractivity contribution is -0.138. The zero-order valence-electron chi connectivity index (χ0n) is 21.1. The van der Waals surface area contributed by atoms with Gasteiger partial charge in [-0.25, -0.2) is 9.48 Å². The molecule has 10 nitrogen and oxygen atoms in total. The first-order valence-electron chi connectivity index (χ1n) is 12.1. The molecule has 0 unspecified atom stereocenters. The molecular formula is C24H33F3N6O4. The minimum absolute atomic E-state index is 0.0946. The van der Waals surface area contributed by atoms with Crippen LogP contribution in [0.3, 0.4) is 0 Å².